The minimum atomic E-state index is -3.90. The molecular formula is C19H17ClFN3O4S2. The zero-order valence-corrected chi connectivity index (χ0v) is 18.3. The normalized spacial score (nSPS) is 11.7. The summed E-state index contributed by atoms with van der Waals surface area (Å²) in [5, 5.41) is 6.52. The smallest absolute Gasteiger partial charge is 0.271 e. The van der Waals surface area contributed by atoms with Crippen LogP contribution in [-0.4, -0.2) is 19.5 Å². The van der Waals surface area contributed by atoms with Crippen LogP contribution in [0.4, 0.5) is 15.8 Å². The number of benzene rings is 1. The summed E-state index contributed by atoms with van der Waals surface area (Å²) < 4.78 is 45.9. The number of aryl methyl sites for hydroxylation is 1. The standard InChI is InChI=1S/C19H17ClFN3O4S2/c1-3-17(25)22-19-11(2)23-28-16(19)8-5-13-6-9-18(29-13)30(26,27)24-15-7-4-12(21)10-14(15)20/h4-10,24H,3H2,1-2H3,(H,22,25). The fraction of sp³-hybridized carbons (Fsp3) is 0.158. The Morgan fingerprint density at radius 3 is 2.77 bits per heavy atom. The second kappa shape index (κ2) is 8.99. The highest BCUT2D eigenvalue weighted by Gasteiger charge is 2.18. The summed E-state index contributed by atoms with van der Waals surface area (Å²) in [6.07, 6.45) is 3.55. The van der Waals surface area contributed by atoms with Gasteiger partial charge in [-0.2, -0.15) is 0 Å². The lowest BCUT2D eigenvalue weighted by Gasteiger charge is -2.07. The lowest BCUT2D eigenvalue weighted by molar-refractivity contribution is -0.115. The van der Waals surface area contributed by atoms with E-state index in [2.05, 4.69) is 15.2 Å². The van der Waals surface area contributed by atoms with Gasteiger partial charge in [-0.1, -0.05) is 23.7 Å². The predicted octanol–water partition coefficient (Wildman–Crippen LogP) is 5.16. The molecule has 0 unspecified atom stereocenters. The van der Waals surface area contributed by atoms with Crippen LogP contribution in [0.2, 0.25) is 5.02 Å². The van der Waals surface area contributed by atoms with E-state index in [9.17, 15) is 17.6 Å². The maximum atomic E-state index is 13.1. The van der Waals surface area contributed by atoms with Crippen LogP contribution in [0.15, 0.2) is 39.1 Å². The predicted molar refractivity (Wildman–Crippen MR) is 116 cm³/mol. The van der Waals surface area contributed by atoms with Gasteiger partial charge in [0.1, 0.15) is 21.4 Å². The van der Waals surface area contributed by atoms with Gasteiger partial charge in [0.25, 0.3) is 10.0 Å². The summed E-state index contributed by atoms with van der Waals surface area (Å²) in [6.45, 7) is 3.43. The highest BCUT2D eigenvalue weighted by Crippen LogP contribution is 2.30. The number of nitrogens with one attached hydrogen (secondary N) is 2. The maximum Gasteiger partial charge on any atom is 0.271 e. The molecule has 158 valence electrons. The number of carbonyl (C=O) groups is 1. The van der Waals surface area contributed by atoms with Gasteiger partial charge in [-0.25, -0.2) is 12.8 Å². The maximum absolute atomic E-state index is 13.1. The highest BCUT2D eigenvalue weighted by atomic mass is 35.5. The second-order valence-electron chi connectivity index (χ2n) is 6.13. The third kappa shape index (κ3) is 5.07. The number of amides is 1. The molecule has 0 atom stereocenters. The molecule has 0 fully saturated rings. The van der Waals surface area contributed by atoms with E-state index in [1.165, 1.54) is 12.1 Å². The molecule has 0 aliphatic carbocycles. The first kappa shape index (κ1) is 22.0. The van der Waals surface area contributed by atoms with Gasteiger partial charge in [-0.3, -0.25) is 9.52 Å². The molecule has 30 heavy (non-hydrogen) atoms. The van der Waals surface area contributed by atoms with Crippen LogP contribution < -0.4 is 10.0 Å². The molecule has 2 heterocycles. The van der Waals surface area contributed by atoms with Crippen LogP contribution in [0.5, 0.6) is 0 Å². The average molecular weight is 470 g/mol. The number of halogens is 2. The van der Waals surface area contributed by atoms with Gasteiger partial charge >= 0.3 is 0 Å². The van der Waals surface area contributed by atoms with E-state index in [1.807, 2.05) is 0 Å². The number of rotatable bonds is 7. The number of hydrogen-bond acceptors (Lipinski definition) is 6. The number of hydrogen-bond donors (Lipinski definition) is 2. The summed E-state index contributed by atoms with van der Waals surface area (Å²) in [5.41, 5.74) is 1.08. The molecule has 0 saturated carbocycles. The van der Waals surface area contributed by atoms with E-state index in [4.69, 9.17) is 16.1 Å². The van der Waals surface area contributed by atoms with Crippen molar-refractivity contribution in [1.29, 1.82) is 0 Å². The third-order valence-corrected chi connectivity index (χ3v) is 7.14. The molecule has 0 bridgehead atoms. The van der Waals surface area contributed by atoms with Crippen molar-refractivity contribution in [3.05, 3.63) is 57.5 Å². The zero-order chi connectivity index (χ0) is 21.9. The molecule has 2 aromatic heterocycles. The Morgan fingerprint density at radius 2 is 2.07 bits per heavy atom. The number of thiophene rings is 1. The van der Waals surface area contributed by atoms with Crippen LogP contribution in [-0.2, 0) is 14.8 Å². The van der Waals surface area contributed by atoms with Crippen molar-refractivity contribution in [1.82, 2.24) is 5.16 Å². The van der Waals surface area contributed by atoms with Gasteiger partial charge in [0.2, 0.25) is 5.91 Å². The van der Waals surface area contributed by atoms with Crippen molar-refractivity contribution in [3.8, 4) is 0 Å². The fourth-order valence-electron chi connectivity index (χ4n) is 2.37. The number of aromatic nitrogens is 1. The van der Waals surface area contributed by atoms with Crippen molar-refractivity contribution < 1.29 is 22.1 Å². The minimum Gasteiger partial charge on any atom is -0.354 e. The minimum absolute atomic E-state index is 0.0439. The van der Waals surface area contributed by atoms with Crippen molar-refractivity contribution in [2.75, 3.05) is 10.0 Å². The molecule has 0 aliphatic heterocycles. The Kier molecular flexibility index (Phi) is 6.59. The quantitative estimate of drug-likeness (QED) is 0.498. The number of carbonyl (C=O) groups excluding carboxylic acids is 1. The summed E-state index contributed by atoms with van der Waals surface area (Å²) >= 11 is 6.90. The van der Waals surface area contributed by atoms with E-state index >= 15 is 0 Å². The van der Waals surface area contributed by atoms with Gasteiger partial charge in [-0.05, 0) is 49.4 Å². The Balaban J connectivity index is 1.79. The largest absolute Gasteiger partial charge is 0.354 e. The molecular weight excluding hydrogens is 453 g/mol. The van der Waals surface area contributed by atoms with Crippen molar-refractivity contribution in [2.24, 2.45) is 0 Å². The molecule has 1 aromatic carbocycles. The number of nitrogens with zero attached hydrogens (tertiary/aromatic N) is 1. The van der Waals surface area contributed by atoms with Crippen LogP contribution in [0.1, 0.15) is 29.7 Å². The summed E-state index contributed by atoms with van der Waals surface area (Å²) in [7, 11) is -3.90. The summed E-state index contributed by atoms with van der Waals surface area (Å²) in [5.74, 6) is -0.391. The molecule has 3 aromatic rings. The Labute approximate surface area is 181 Å². The molecule has 0 radical (unpaired) electrons. The molecule has 11 heteroatoms. The Hall–Kier alpha value is -2.69. The van der Waals surface area contributed by atoms with Crippen LogP contribution >= 0.6 is 22.9 Å². The summed E-state index contributed by atoms with van der Waals surface area (Å²) in [6, 6.07) is 6.45. The molecule has 0 aliphatic rings. The topological polar surface area (TPSA) is 101 Å². The van der Waals surface area contributed by atoms with Crippen molar-refractivity contribution >= 4 is 62.4 Å². The highest BCUT2D eigenvalue weighted by molar-refractivity contribution is 7.94. The Morgan fingerprint density at radius 1 is 1.30 bits per heavy atom. The molecule has 0 saturated heterocycles. The summed E-state index contributed by atoms with van der Waals surface area (Å²) in [4.78, 5) is 12.3. The van der Waals surface area contributed by atoms with Gasteiger partial charge in [-0.15, -0.1) is 11.3 Å². The third-order valence-electron chi connectivity index (χ3n) is 3.92. The van der Waals surface area contributed by atoms with Crippen LogP contribution in [0, 0.1) is 12.7 Å². The van der Waals surface area contributed by atoms with Crippen LogP contribution in [0.25, 0.3) is 12.2 Å². The average Bonchev–Trinajstić information content (AvgIpc) is 3.30. The molecule has 7 nitrogen and oxygen atoms in total. The Bertz CT molecular complexity index is 1220. The van der Waals surface area contributed by atoms with Gasteiger partial charge in [0.05, 0.1) is 10.7 Å². The molecule has 2 N–H and O–H groups in total. The molecule has 0 spiro atoms. The first-order chi connectivity index (χ1) is 14.2. The SMILES string of the molecule is CCC(=O)Nc1c(C)noc1C=Cc1ccc(S(=O)(=O)Nc2ccc(F)cc2Cl)s1. The second-order valence-corrected chi connectivity index (χ2v) is 9.56. The first-order valence-corrected chi connectivity index (χ1v) is 11.4. The van der Waals surface area contributed by atoms with Gasteiger partial charge < -0.3 is 9.84 Å². The molecule has 3 rings (SSSR count). The zero-order valence-electron chi connectivity index (χ0n) is 15.9. The van der Waals surface area contributed by atoms with E-state index in [0.29, 0.717) is 28.4 Å². The lowest BCUT2D eigenvalue weighted by atomic mass is 10.2. The van der Waals surface area contributed by atoms with Gasteiger partial charge in [0, 0.05) is 11.3 Å². The first-order valence-electron chi connectivity index (χ1n) is 8.71. The lowest BCUT2D eigenvalue weighted by Crippen LogP contribution is -2.11. The number of sulfonamides is 1. The van der Waals surface area contributed by atoms with Crippen molar-refractivity contribution in [3.63, 3.8) is 0 Å². The van der Waals surface area contributed by atoms with E-state index < -0.39 is 15.8 Å². The fourth-order valence-corrected chi connectivity index (χ4v) is 4.95. The molecule has 1 amide bonds. The van der Waals surface area contributed by atoms with E-state index in [1.54, 1.807) is 32.1 Å². The van der Waals surface area contributed by atoms with E-state index in [-0.39, 0.29) is 20.8 Å². The number of anilines is 2. The van der Waals surface area contributed by atoms with Crippen LogP contribution in [0.3, 0.4) is 0 Å². The van der Waals surface area contributed by atoms with E-state index in [0.717, 1.165) is 23.5 Å². The monoisotopic (exact) mass is 469 g/mol. The van der Waals surface area contributed by atoms with Gasteiger partial charge in [0.15, 0.2) is 5.76 Å². The van der Waals surface area contributed by atoms with Crippen molar-refractivity contribution in [2.45, 2.75) is 24.5 Å².